The predicted octanol–water partition coefficient (Wildman–Crippen LogP) is 2.81. The van der Waals surface area contributed by atoms with Crippen LogP contribution in [0.3, 0.4) is 0 Å². The van der Waals surface area contributed by atoms with Crippen LogP contribution in [0.2, 0.25) is 0 Å². The molecule has 0 atom stereocenters. The van der Waals surface area contributed by atoms with Crippen LogP contribution in [0.25, 0.3) is 0 Å². The number of hydrogen-bond acceptors (Lipinski definition) is 4. The highest BCUT2D eigenvalue weighted by atomic mass is 32.1. The molecule has 1 heterocycles. The fraction of sp³-hybridized carbons (Fsp3) is 0.308. The Kier molecular flexibility index (Phi) is 4.12. The predicted molar refractivity (Wildman–Crippen MR) is 71.2 cm³/mol. The van der Waals surface area contributed by atoms with Crippen molar-refractivity contribution in [1.29, 1.82) is 0 Å². The summed E-state index contributed by atoms with van der Waals surface area (Å²) in [6.07, 6.45) is 2.90. The van der Waals surface area contributed by atoms with Gasteiger partial charge in [-0.05, 0) is 12.5 Å². The molecule has 0 aliphatic carbocycles. The number of nitrogens with zero attached hydrogens (tertiary/aromatic N) is 1. The summed E-state index contributed by atoms with van der Waals surface area (Å²) in [5.41, 5.74) is 1.91. The minimum absolute atomic E-state index is 0.0616. The Hall–Kier alpha value is -1.39. The monoisotopic (exact) mass is 248 g/mol. The highest BCUT2D eigenvalue weighted by Gasteiger charge is 2.02. The van der Waals surface area contributed by atoms with Crippen LogP contribution in [0.15, 0.2) is 30.5 Å². The third kappa shape index (κ3) is 3.05. The molecule has 1 aromatic heterocycles. The number of rotatable bonds is 5. The van der Waals surface area contributed by atoms with Crippen LogP contribution in [0.4, 0.5) is 5.69 Å². The number of para-hydroxylation sites is 1. The summed E-state index contributed by atoms with van der Waals surface area (Å²) < 4.78 is 0. The molecule has 0 spiro atoms. The molecule has 4 heteroatoms. The van der Waals surface area contributed by atoms with Crippen molar-refractivity contribution in [3.8, 4) is 0 Å². The van der Waals surface area contributed by atoms with Gasteiger partial charge in [-0.15, -0.1) is 11.3 Å². The molecule has 0 unspecified atom stereocenters. The summed E-state index contributed by atoms with van der Waals surface area (Å²) in [4.78, 5) is 5.54. The minimum Gasteiger partial charge on any atom is -0.392 e. The summed E-state index contributed by atoms with van der Waals surface area (Å²) in [5.74, 6) is 0. The van der Waals surface area contributed by atoms with E-state index in [0.29, 0.717) is 0 Å². The highest BCUT2D eigenvalue weighted by Crippen LogP contribution is 2.18. The second-order valence-electron chi connectivity index (χ2n) is 3.74. The molecule has 2 aromatic rings. The number of benzene rings is 1. The van der Waals surface area contributed by atoms with E-state index in [2.05, 4.69) is 17.2 Å². The van der Waals surface area contributed by atoms with Gasteiger partial charge in [-0.3, -0.25) is 0 Å². The van der Waals surface area contributed by atoms with E-state index < -0.39 is 0 Å². The molecule has 0 aliphatic heterocycles. The molecule has 0 aliphatic rings. The van der Waals surface area contributed by atoms with Gasteiger partial charge in [0, 0.05) is 22.3 Å². The summed E-state index contributed by atoms with van der Waals surface area (Å²) in [6.45, 7) is 2.93. The van der Waals surface area contributed by atoms with Crippen molar-refractivity contribution >= 4 is 17.0 Å². The first-order valence-electron chi connectivity index (χ1n) is 5.69. The molecular weight excluding hydrogens is 232 g/mol. The molecule has 0 fully saturated rings. The van der Waals surface area contributed by atoms with E-state index in [1.807, 2.05) is 30.5 Å². The number of aliphatic hydroxyl groups excluding tert-OH is 1. The van der Waals surface area contributed by atoms with Crippen LogP contribution < -0.4 is 5.32 Å². The topological polar surface area (TPSA) is 45.2 Å². The van der Waals surface area contributed by atoms with E-state index >= 15 is 0 Å². The third-order valence-corrected chi connectivity index (χ3v) is 3.69. The first-order valence-corrected chi connectivity index (χ1v) is 6.51. The molecule has 0 radical (unpaired) electrons. The zero-order valence-corrected chi connectivity index (χ0v) is 10.6. The normalized spacial score (nSPS) is 10.5. The number of hydrogen-bond donors (Lipinski definition) is 2. The lowest BCUT2D eigenvalue weighted by molar-refractivity contribution is 0.282. The third-order valence-electron chi connectivity index (χ3n) is 2.54. The number of aromatic nitrogens is 1. The Labute approximate surface area is 105 Å². The molecule has 0 saturated heterocycles. The van der Waals surface area contributed by atoms with Crippen LogP contribution in [0.5, 0.6) is 0 Å². The first-order chi connectivity index (χ1) is 8.33. The van der Waals surface area contributed by atoms with Gasteiger partial charge in [0.2, 0.25) is 0 Å². The van der Waals surface area contributed by atoms with Crippen LogP contribution in [0, 0.1) is 0 Å². The highest BCUT2D eigenvalue weighted by molar-refractivity contribution is 7.11. The number of nitrogens with one attached hydrogen (secondary N) is 1. The van der Waals surface area contributed by atoms with Gasteiger partial charge >= 0.3 is 0 Å². The summed E-state index contributed by atoms with van der Waals surface area (Å²) in [5, 5.41) is 13.7. The largest absolute Gasteiger partial charge is 0.392 e. The molecular formula is C13H16N2OS. The maximum absolute atomic E-state index is 9.21. The van der Waals surface area contributed by atoms with E-state index in [9.17, 15) is 5.11 Å². The van der Waals surface area contributed by atoms with Crippen molar-refractivity contribution in [1.82, 2.24) is 4.98 Å². The molecule has 0 amide bonds. The van der Waals surface area contributed by atoms with E-state index in [-0.39, 0.29) is 6.61 Å². The summed E-state index contributed by atoms with van der Waals surface area (Å²) >= 11 is 1.73. The Morgan fingerprint density at radius 2 is 2.18 bits per heavy atom. The van der Waals surface area contributed by atoms with Crippen LogP contribution >= 0.6 is 11.3 Å². The van der Waals surface area contributed by atoms with Crippen molar-refractivity contribution in [3.05, 3.63) is 45.9 Å². The summed E-state index contributed by atoms with van der Waals surface area (Å²) in [6, 6.07) is 7.80. The van der Waals surface area contributed by atoms with E-state index in [1.165, 1.54) is 4.88 Å². The van der Waals surface area contributed by atoms with E-state index in [1.54, 1.807) is 11.3 Å². The fourth-order valence-electron chi connectivity index (χ4n) is 1.61. The van der Waals surface area contributed by atoms with Crippen molar-refractivity contribution < 1.29 is 5.11 Å². The van der Waals surface area contributed by atoms with Crippen LogP contribution in [-0.2, 0) is 19.6 Å². The minimum atomic E-state index is 0.0616. The van der Waals surface area contributed by atoms with Crippen molar-refractivity contribution in [2.45, 2.75) is 26.5 Å². The standard InChI is InChI=1S/C13H16N2OS/c1-2-13-15-8-11(17-13)7-14-12-6-4-3-5-10(12)9-16/h3-6,8,14,16H,2,7,9H2,1H3. The Morgan fingerprint density at radius 1 is 1.35 bits per heavy atom. The average Bonchev–Trinajstić information content (AvgIpc) is 2.84. The number of aryl methyl sites for hydroxylation is 1. The zero-order chi connectivity index (χ0) is 12.1. The lowest BCUT2D eigenvalue weighted by Gasteiger charge is -2.08. The van der Waals surface area contributed by atoms with Gasteiger partial charge in [0.25, 0.3) is 0 Å². The Balaban J connectivity index is 2.01. The Morgan fingerprint density at radius 3 is 2.88 bits per heavy atom. The maximum Gasteiger partial charge on any atom is 0.0925 e. The molecule has 2 N–H and O–H groups in total. The number of anilines is 1. The molecule has 3 nitrogen and oxygen atoms in total. The van der Waals surface area contributed by atoms with Gasteiger partial charge in [0.15, 0.2) is 0 Å². The van der Waals surface area contributed by atoms with Gasteiger partial charge in [-0.2, -0.15) is 0 Å². The molecule has 17 heavy (non-hydrogen) atoms. The summed E-state index contributed by atoms with van der Waals surface area (Å²) in [7, 11) is 0. The van der Waals surface area contributed by atoms with Crippen molar-refractivity contribution in [3.63, 3.8) is 0 Å². The van der Waals surface area contributed by atoms with Crippen molar-refractivity contribution in [2.75, 3.05) is 5.32 Å². The second-order valence-corrected chi connectivity index (χ2v) is 4.94. The zero-order valence-electron chi connectivity index (χ0n) is 9.81. The smallest absolute Gasteiger partial charge is 0.0925 e. The second kappa shape index (κ2) is 5.80. The van der Waals surface area contributed by atoms with Crippen molar-refractivity contribution in [2.24, 2.45) is 0 Å². The van der Waals surface area contributed by atoms with Gasteiger partial charge < -0.3 is 10.4 Å². The molecule has 0 bridgehead atoms. The van der Waals surface area contributed by atoms with Gasteiger partial charge in [0.05, 0.1) is 18.2 Å². The molecule has 2 rings (SSSR count). The van der Waals surface area contributed by atoms with Crippen LogP contribution in [0.1, 0.15) is 22.4 Å². The Bertz CT molecular complexity index is 482. The number of thiazole rings is 1. The number of aliphatic hydroxyl groups is 1. The van der Waals surface area contributed by atoms with Gasteiger partial charge in [-0.25, -0.2) is 4.98 Å². The first kappa shape index (κ1) is 12.1. The maximum atomic E-state index is 9.21. The molecule has 0 saturated carbocycles. The fourth-order valence-corrected chi connectivity index (χ4v) is 2.41. The lowest BCUT2D eigenvalue weighted by Crippen LogP contribution is -2.00. The average molecular weight is 248 g/mol. The van der Waals surface area contributed by atoms with Gasteiger partial charge in [0.1, 0.15) is 0 Å². The SMILES string of the molecule is CCc1ncc(CNc2ccccc2CO)s1. The lowest BCUT2D eigenvalue weighted by atomic mass is 10.2. The quantitative estimate of drug-likeness (QED) is 0.855. The van der Waals surface area contributed by atoms with Crippen LogP contribution in [-0.4, -0.2) is 10.1 Å². The van der Waals surface area contributed by atoms with E-state index in [0.717, 1.165) is 29.2 Å². The molecule has 1 aromatic carbocycles. The van der Waals surface area contributed by atoms with Gasteiger partial charge in [-0.1, -0.05) is 25.1 Å². The molecule has 90 valence electrons. The van der Waals surface area contributed by atoms with E-state index in [4.69, 9.17) is 0 Å².